The molecule has 2 atom stereocenters. The summed E-state index contributed by atoms with van der Waals surface area (Å²) >= 11 is 0. The number of methoxy groups -OCH3 is 1. The molecule has 1 aromatic carbocycles. The van der Waals surface area contributed by atoms with E-state index < -0.39 is 5.92 Å². The van der Waals surface area contributed by atoms with E-state index in [9.17, 15) is 8.78 Å². The lowest BCUT2D eigenvalue weighted by molar-refractivity contribution is -0.0222. The molecular weight excluding hydrogens is 518 g/mol. The van der Waals surface area contributed by atoms with Crippen molar-refractivity contribution in [2.24, 2.45) is 0 Å². The molecule has 0 amide bonds. The van der Waals surface area contributed by atoms with Gasteiger partial charge in [0, 0.05) is 69.7 Å². The van der Waals surface area contributed by atoms with Crippen LogP contribution in [-0.2, 0) is 4.74 Å². The number of anilines is 2. The molecule has 222 valence electrons. The van der Waals surface area contributed by atoms with Crippen LogP contribution in [-0.4, -0.2) is 99.1 Å². The van der Waals surface area contributed by atoms with E-state index in [2.05, 4.69) is 22.5 Å². The van der Waals surface area contributed by atoms with Gasteiger partial charge in [-0.2, -0.15) is 4.98 Å². The third kappa shape index (κ3) is 7.61. The van der Waals surface area contributed by atoms with E-state index >= 15 is 0 Å². The molecule has 5 rings (SSSR count). The summed E-state index contributed by atoms with van der Waals surface area (Å²) < 4.78 is 45.3. The maximum absolute atomic E-state index is 13.9. The van der Waals surface area contributed by atoms with Crippen LogP contribution >= 0.6 is 0 Å². The fourth-order valence-electron chi connectivity index (χ4n) is 5.71. The molecule has 0 radical (unpaired) electrons. The highest BCUT2D eigenvalue weighted by Gasteiger charge is 2.35. The molecule has 3 aliphatic heterocycles. The maximum Gasteiger partial charge on any atom is 0.251 e. The van der Waals surface area contributed by atoms with Crippen molar-refractivity contribution < 1.29 is 23.0 Å². The number of halogens is 2. The lowest BCUT2D eigenvalue weighted by atomic mass is 10.1. The van der Waals surface area contributed by atoms with Gasteiger partial charge in [0.2, 0.25) is 5.95 Å². The summed E-state index contributed by atoms with van der Waals surface area (Å²) in [5.74, 6) is -0.280. The second kappa shape index (κ2) is 13.4. The molecule has 1 aromatic heterocycles. The number of nitrogens with zero attached hydrogens (tertiary/aromatic N) is 4. The normalized spacial score (nSPS) is 22.1. The first-order valence-electron chi connectivity index (χ1n) is 14.9. The van der Waals surface area contributed by atoms with Gasteiger partial charge in [-0.05, 0) is 58.2 Å². The third-order valence-electron chi connectivity index (χ3n) is 8.05. The van der Waals surface area contributed by atoms with E-state index in [0.29, 0.717) is 35.4 Å². The number of piperidine rings is 1. The molecule has 3 saturated heterocycles. The minimum absolute atomic E-state index is 0.0607. The third-order valence-corrected chi connectivity index (χ3v) is 8.05. The van der Waals surface area contributed by atoms with Gasteiger partial charge in [-0.3, -0.25) is 0 Å². The Labute approximate surface area is 235 Å². The number of likely N-dealkylation sites (tertiary alicyclic amines) is 1. The molecule has 4 heterocycles. The van der Waals surface area contributed by atoms with Crippen LogP contribution in [0.2, 0.25) is 0 Å². The summed E-state index contributed by atoms with van der Waals surface area (Å²) in [6, 6.07) is 3.86. The fourth-order valence-corrected chi connectivity index (χ4v) is 5.71. The number of hydrogen-bond acceptors (Lipinski definition) is 9. The van der Waals surface area contributed by atoms with Crippen LogP contribution in [0.5, 0.6) is 11.5 Å². The number of aromatic nitrogens is 2. The highest BCUT2D eigenvalue weighted by molar-refractivity contribution is 5.93. The summed E-state index contributed by atoms with van der Waals surface area (Å²) in [4.78, 5) is 14.0. The lowest BCUT2D eigenvalue weighted by Gasteiger charge is -2.32. The largest absolute Gasteiger partial charge is 0.493 e. The molecule has 0 aliphatic carbocycles. The highest BCUT2D eigenvalue weighted by Crippen LogP contribution is 2.37. The molecular formula is C29H44F2N6O3. The topological polar surface area (TPSA) is 84.0 Å². The number of ether oxygens (including phenoxy) is 3. The van der Waals surface area contributed by atoms with Gasteiger partial charge < -0.3 is 34.6 Å². The summed E-state index contributed by atoms with van der Waals surface area (Å²) in [7, 11) is 1.63. The zero-order chi connectivity index (χ0) is 28.0. The molecule has 2 N–H and O–H groups in total. The van der Waals surface area contributed by atoms with Gasteiger partial charge in [-0.25, -0.2) is 13.8 Å². The first kappa shape index (κ1) is 29.0. The summed E-state index contributed by atoms with van der Waals surface area (Å²) in [6.07, 6.45) is 5.56. The molecule has 0 bridgehead atoms. The van der Waals surface area contributed by atoms with Crippen molar-refractivity contribution in [3.8, 4) is 11.5 Å². The molecule has 2 aromatic rings. The Morgan fingerprint density at radius 2 is 1.90 bits per heavy atom. The van der Waals surface area contributed by atoms with E-state index in [1.165, 1.54) is 25.9 Å². The van der Waals surface area contributed by atoms with Crippen molar-refractivity contribution in [2.75, 3.05) is 76.4 Å². The van der Waals surface area contributed by atoms with Gasteiger partial charge in [0.15, 0.2) is 11.5 Å². The number of rotatable bonds is 13. The van der Waals surface area contributed by atoms with E-state index in [1.54, 1.807) is 7.11 Å². The Bertz CT molecular complexity index is 1100. The molecule has 9 nitrogen and oxygen atoms in total. The summed E-state index contributed by atoms with van der Waals surface area (Å²) in [5.41, 5.74) is 0.694. The number of alkyl halides is 2. The van der Waals surface area contributed by atoms with Crippen molar-refractivity contribution in [3.05, 3.63) is 12.1 Å². The molecule has 0 saturated carbocycles. The van der Waals surface area contributed by atoms with E-state index in [-0.39, 0.29) is 38.1 Å². The van der Waals surface area contributed by atoms with Crippen LogP contribution in [0.15, 0.2) is 12.1 Å². The second-order valence-electron chi connectivity index (χ2n) is 11.3. The van der Waals surface area contributed by atoms with E-state index in [0.717, 1.165) is 50.9 Å². The molecule has 40 heavy (non-hydrogen) atoms. The number of fused-ring (bicyclic) bond motifs is 1. The molecule has 0 spiro atoms. The lowest BCUT2D eigenvalue weighted by Crippen LogP contribution is -2.40. The minimum atomic E-state index is -2.64. The number of nitrogens with one attached hydrogen (secondary N) is 2. The van der Waals surface area contributed by atoms with Crippen molar-refractivity contribution in [3.63, 3.8) is 0 Å². The predicted molar refractivity (Wildman–Crippen MR) is 153 cm³/mol. The van der Waals surface area contributed by atoms with Crippen LogP contribution in [0.4, 0.5) is 20.5 Å². The first-order chi connectivity index (χ1) is 19.4. The summed E-state index contributed by atoms with van der Waals surface area (Å²) in [6.45, 7) is 8.83. The van der Waals surface area contributed by atoms with Gasteiger partial charge >= 0.3 is 0 Å². The second-order valence-corrected chi connectivity index (χ2v) is 11.3. The molecule has 3 fully saturated rings. The quantitative estimate of drug-likeness (QED) is 0.347. The number of hydrogen-bond donors (Lipinski definition) is 2. The highest BCUT2D eigenvalue weighted by atomic mass is 19.3. The predicted octanol–water partition coefficient (Wildman–Crippen LogP) is 4.31. The van der Waals surface area contributed by atoms with Crippen LogP contribution < -0.4 is 25.0 Å². The standard InChI is InChI=1S/C29H44F2N6O3/c1-21(19-32-20-22-7-5-15-39-22)33-27-23-17-25(38-2)26(40-16-6-12-36-10-3-4-11-36)18-24(23)34-28(35-27)37-13-8-29(30,31)9-14-37/h17-18,21-22,32H,3-16,19-20H2,1-2H3,(H,33,34,35). The van der Waals surface area contributed by atoms with E-state index in [1.807, 2.05) is 17.0 Å². The van der Waals surface area contributed by atoms with Crippen molar-refractivity contribution >= 4 is 22.7 Å². The minimum Gasteiger partial charge on any atom is -0.493 e. The van der Waals surface area contributed by atoms with Gasteiger partial charge in [-0.1, -0.05) is 0 Å². The SMILES string of the molecule is COc1cc2c(NC(C)CNCC3CCCO3)nc(N3CCC(F)(F)CC3)nc2cc1OCCCN1CCCC1. The fraction of sp³-hybridized carbons (Fsp3) is 0.724. The molecule has 2 unspecified atom stereocenters. The smallest absolute Gasteiger partial charge is 0.251 e. The van der Waals surface area contributed by atoms with Gasteiger partial charge in [0.25, 0.3) is 5.92 Å². The van der Waals surface area contributed by atoms with Gasteiger partial charge in [-0.15, -0.1) is 0 Å². The van der Waals surface area contributed by atoms with Gasteiger partial charge in [0.1, 0.15) is 5.82 Å². The molecule has 11 heteroatoms. The average molecular weight is 563 g/mol. The monoisotopic (exact) mass is 562 g/mol. The molecule has 3 aliphatic rings. The van der Waals surface area contributed by atoms with Crippen LogP contribution in [0.25, 0.3) is 10.9 Å². The number of benzene rings is 1. The Balaban J connectivity index is 1.33. The van der Waals surface area contributed by atoms with Crippen molar-refractivity contribution in [1.29, 1.82) is 0 Å². The van der Waals surface area contributed by atoms with Crippen LogP contribution in [0.1, 0.15) is 51.9 Å². The summed E-state index contributed by atoms with van der Waals surface area (Å²) in [5, 5.41) is 7.82. The van der Waals surface area contributed by atoms with E-state index in [4.69, 9.17) is 24.2 Å². The Hall–Kier alpha value is -2.50. The maximum atomic E-state index is 13.9. The Kier molecular flexibility index (Phi) is 9.75. The van der Waals surface area contributed by atoms with Crippen molar-refractivity contribution in [2.45, 2.75) is 69.9 Å². The van der Waals surface area contributed by atoms with Gasteiger partial charge in [0.05, 0.1) is 25.3 Å². The average Bonchev–Trinajstić information content (AvgIpc) is 3.65. The zero-order valence-corrected chi connectivity index (χ0v) is 23.9. The van der Waals surface area contributed by atoms with Crippen molar-refractivity contribution in [1.82, 2.24) is 20.2 Å². The first-order valence-corrected chi connectivity index (χ1v) is 14.9. The Morgan fingerprint density at radius 1 is 1.10 bits per heavy atom. The zero-order valence-electron chi connectivity index (χ0n) is 23.9. The Morgan fingerprint density at radius 3 is 2.62 bits per heavy atom. The van der Waals surface area contributed by atoms with Crippen LogP contribution in [0, 0.1) is 0 Å². The van der Waals surface area contributed by atoms with Crippen LogP contribution in [0.3, 0.4) is 0 Å².